The van der Waals surface area contributed by atoms with Crippen LogP contribution in [0.5, 0.6) is 11.5 Å². The number of ether oxygens (including phenoxy) is 2. The van der Waals surface area contributed by atoms with Gasteiger partial charge < -0.3 is 19.0 Å². The summed E-state index contributed by atoms with van der Waals surface area (Å²) in [6.45, 7) is 0.628. The molecule has 3 aliphatic rings. The summed E-state index contributed by atoms with van der Waals surface area (Å²) in [5.41, 5.74) is 1.77. The number of fused-ring (bicyclic) bond motifs is 4. The fourth-order valence-electron chi connectivity index (χ4n) is 3.22. The molecular weight excluding hydrogens is 312 g/mol. The van der Waals surface area contributed by atoms with E-state index in [4.69, 9.17) is 13.9 Å². The molecule has 0 atom stereocenters. The molecule has 1 aromatic carbocycles. The molecule has 6 heteroatoms. The van der Waals surface area contributed by atoms with Gasteiger partial charge in [0.15, 0.2) is 5.43 Å². The van der Waals surface area contributed by atoms with Gasteiger partial charge in [0.1, 0.15) is 23.3 Å². The molecule has 24 heavy (non-hydrogen) atoms. The Hall–Kier alpha value is -3.02. The molecule has 0 saturated carbocycles. The first-order chi connectivity index (χ1) is 11.6. The number of aromatic carboxylic acids is 1. The van der Waals surface area contributed by atoms with Gasteiger partial charge in [-0.15, -0.1) is 0 Å². The average Bonchev–Trinajstić information content (AvgIpc) is 2.59. The third kappa shape index (κ3) is 2.03. The fourth-order valence-corrected chi connectivity index (χ4v) is 3.22. The number of hydrogen-bond donors (Lipinski definition) is 1. The monoisotopic (exact) mass is 326 g/mol. The van der Waals surface area contributed by atoms with Gasteiger partial charge in [-0.25, -0.2) is 4.79 Å². The van der Waals surface area contributed by atoms with Crippen molar-refractivity contribution < 1.29 is 23.8 Å². The Balaban J connectivity index is 2.18. The highest BCUT2D eigenvalue weighted by atomic mass is 16.5. The van der Waals surface area contributed by atoms with Crippen LogP contribution in [0.25, 0.3) is 22.1 Å². The maximum Gasteiger partial charge on any atom is 0.335 e. The second kappa shape index (κ2) is 5.26. The molecule has 122 valence electrons. The van der Waals surface area contributed by atoms with Crippen molar-refractivity contribution in [2.45, 2.75) is 12.8 Å². The van der Waals surface area contributed by atoms with Crippen molar-refractivity contribution in [2.24, 2.45) is 0 Å². The lowest BCUT2D eigenvalue weighted by Crippen LogP contribution is -2.12. The van der Waals surface area contributed by atoms with Crippen molar-refractivity contribution in [3.63, 3.8) is 0 Å². The van der Waals surface area contributed by atoms with Crippen LogP contribution >= 0.6 is 0 Å². The Morgan fingerprint density at radius 1 is 1.25 bits per heavy atom. The zero-order valence-corrected chi connectivity index (χ0v) is 12.9. The van der Waals surface area contributed by atoms with Crippen molar-refractivity contribution in [1.29, 1.82) is 0 Å². The van der Waals surface area contributed by atoms with Gasteiger partial charge >= 0.3 is 5.97 Å². The van der Waals surface area contributed by atoms with Crippen molar-refractivity contribution in [2.75, 3.05) is 13.7 Å². The van der Waals surface area contributed by atoms with E-state index in [-0.39, 0.29) is 5.56 Å². The number of carboxylic acid groups (broad SMARTS) is 1. The number of hydrogen-bond acceptors (Lipinski definition) is 5. The Kier molecular flexibility index (Phi) is 3.19. The van der Waals surface area contributed by atoms with Crippen molar-refractivity contribution in [3.8, 4) is 22.6 Å². The first-order valence-electron chi connectivity index (χ1n) is 7.55. The van der Waals surface area contributed by atoms with Gasteiger partial charge in [-0.2, -0.15) is 0 Å². The average molecular weight is 326 g/mol. The zero-order chi connectivity index (χ0) is 16.8. The number of rotatable bonds is 2. The van der Waals surface area contributed by atoms with Crippen molar-refractivity contribution in [1.82, 2.24) is 0 Å². The first kappa shape index (κ1) is 14.6. The zero-order valence-electron chi connectivity index (χ0n) is 12.9. The summed E-state index contributed by atoms with van der Waals surface area (Å²) in [6.07, 6.45) is 3.00. The molecule has 1 aliphatic carbocycles. The van der Waals surface area contributed by atoms with Crippen LogP contribution < -0.4 is 14.9 Å². The molecule has 1 N–H and O–H groups in total. The lowest BCUT2D eigenvalue weighted by atomic mass is 9.94. The highest BCUT2D eigenvalue weighted by molar-refractivity contribution is 6.02. The first-order valence-corrected chi connectivity index (χ1v) is 7.55. The van der Waals surface area contributed by atoms with E-state index in [1.54, 1.807) is 13.2 Å². The maximum atomic E-state index is 12.2. The Morgan fingerprint density at radius 3 is 2.83 bits per heavy atom. The van der Waals surface area contributed by atoms with Crippen molar-refractivity contribution in [3.05, 3.63) is 45.8 Å². The van der Waals surface area contributed by atoms with Gasteiger partial charge in [0.2, 0.25) is 0 Å². The second-order valence-corrected chi connectivity index (χ2v) is 5.69. The van der Waals surface area contributed by atoms with E-state index < -0.39 is 11.4 Å². The van der Waals surface area contributed by atoms with E-state index in [0.717, 1.165) is 24.5 Å². The molecule has 0 amide bonds. The van der Waals surface area contributed by atoms with E-state index in [9.17, 15) is 14.7 Å². The topological polar surface area (TPSA) is 86.0 Å². The molecule has 2 heterocycles. The second-order valence-electron chi connectivity index (χ2n) is 5.69. The molecule has 0 spiro atoms. The van der Waals surface area contributed by atoms with Gasteiger partial charge in [-0.1, -0.05) is 0 Å². The summed E-state index contributed by atoms with van der Waals surface area (Å²) in [7, 11) is 1.54. The molecule has 1 aromatic rings. The number of methoxy groups -OCH3 is 1. The minimum Gasteiger partial charge on any atom is -0.496 e. The summed E-state index contributed by atoms with van der Waals surface area (Å²) >= 11 is 0. The van der Waals surface area contributed by atoms with E-state index in [0.29, 0.717) is 40.2 Å². The summed E-state index contributed by atoms with van der Waals surface area (Å²) in [5.74, 6) is 0.118. The van der Waals surface area contributed by atoms with Gasteiger partial charge in [-0.3, -0.25) is 4.79 Å². The lowest BCUT2D eigenvalue weighted by molar-refractivity contribution is 0.0697. The van der Waals surface area contributed by atoms with Crippen LogP contribution in [0.15, 0.2) is 33.7 Å². The predicted molar refractivity (Wildman–Crippen MR) is 86.4 cm³/mol. The van der Waals surface area contributed by atoms with E-state index in [2.05, 4.69) is 0 Å². The summed E-state index contributed by atoms with van der Waals surface area (Å²) < 4.78 is 16.9. The minimum absolute atomic E-state index is 0.0592. The molecule has 0 saturated heterocycles. The Bertz CT molecular complexity index is 1000. The van der Waals surface area contributed by atoms with Crippen LogP contribution in [0, 0.1) is 0 Å². The molecular formula is C18H14O6. The molecule has 0 bridgehead atoms. The van der Waals surface area contributed by atoms with Crippen LogP contribution in [-0.4, -0.2) is 24.8 Å². The summed E-state index contributed by atoms with van der Waals surface area (Å²) in [5, 5.41) is 9.84. The quantitative estimate of drug-likeness (QED) is 0.729. The van der Waals surface area contributed by atoms with Crippen LogP contribution in [0.1, 0.15) is 22.3 Å². The Labute approximate surface area is 136 Å². The van der Waals surface area contributed by atoms with Crippen LogP contribution in [0.4, 0.5) is 0 Å². The normalized spacial score (nSPS) is 13.5. The van der Waals surface area contributed by atoms with E-state index in [1.807, 2.05) is 0 Å². The number of carboxylic acids is 1. The minimum atomic E-state index is -1.15. The SMILES string of the molecule is COc1c2c(cc3occ4c(=O)cc(C(=O)O)cc-4c13)OCCC2. The van der Waals surface area contributed by atoms with E-state index in [1.165, 1.54) is 12.3 Å². The smallest absolute Gasteiger partial charge is 0.335 e. The number of benzene rings is 2. The van der Waals surface area contributed by atoms with Gasteiger partial charge in [0, 0.05) is 23.3 Å². The molecule has 0 fully saturated rings. The molecule has 0 unspecified atom stereocenters. The molecule has 6 nitrogen and oxygen atoms in total. The van der Waals surface area contributed by atoms with Gasteiger partial charge in [0.25, 0.3) is 0 Å². The van der Waals surface area contributed by atoms with Crippen molar-refractivity contribution >= 4 is 16.9 Å². The lowest BCUT2D eigenvalue weighted by Gasteiger charge is -2.22. The van der Waals surface area contributed by atoms with Gasteiger partial charge in [0.05, 0.1) is 30.2 Å². The van der Waals surface area contributed by atoms with E-state index >= 15 is 0 Å². The third-order valence-electron chi connectivity index (χ3n) is 4.30. The predicted octanol–water partition coefficient (Wildman–Crippen LogP) is 2.93. The third-order valence-corrected chi connectivity index (χ3v) is 4.30. The Morgan fingerprint density at radius 2 is 2.08 bits per heavy atom. The fraction of sp³-hybridized carbons (Fsp3) is 0.222. The standard InChI is InChI=1S/C18H14O6/c1-22-17-10-3-2-4-23-14(10)7-15-16(17)11-5-9(18(20)21)6-13(19)12(11)8-24-15/h5-8H,2-4H2,1H3,(H,20,21). The summed E-state index contributed by atoms with van der Waals surface area (Å²) in [4.78, 5) is 23.6. The highest BCUT2D eigenvalue weighted by Crippen LogP contribution is 2.44. The number of carbonyl (C=O) groups is 1. The molecule has 2 aliphatic heterocycles. The van der Waals surface area contributed by atoms with Crippen LogP contribution in [-0.2, 0) is 6.42 Å². The molecule has 4 rings (SSSR count). The molecule has 0 aromatic heterocycles. The largest absolute Gasteiger partial charge is 0.496 e. The van der Waals surface area contributed by atoms with Crippen LogP contribution in [0.3, 0.4) is 0 Å². The van der Waals surface area contributed by atoms with Crippen LogP contribution in [0.2, 0.25) is 0 Å². The highest BCUT2D eigenvalue weighted by Gasteiger charge is 2.24. The summed E-state index contributed by atoms with van der Waals surface area (Å²) in [6, 6.07) is 4.35. The van der Waals surface area contributed by atoms with Gasteiger partial charge in [-0.05, 0) is 18.9 Å². The molecule has 0 radical (unpaired) electrons. The maximum absolute atomic E-state index is 12.2.